The highest BCUT2D eigenvalue weighted by Gasteiger charge is 2.07. The van der Waals surface area contributed by atoms with Gasteiger partial charge in [-0.25, -0.2) is 14.2 Å². The number of hydrogen-bond acceptors (Lipinski definition) is 4. The van der Waals surface area contributed by atoms with Gasteiger partial charge < -0.3 is 9.72 Å². The Hall–Kier alpha value is -2.70. The molecular formula is C12H10FN3O3. The molecule has 2 N–H and O–H groups in total. The van der Waals surface area contributed by atoms with Gasteiger partial charge in [-0.2, -0.15) is 0 Å². The van der Waals surface area contributed by atoms with Gasteiger partial charge in [-0.1, -0.05) is 0 Å². The summed E-state index contributed by atoms with van der Waals surface area (Å²) >= 11 is 0. The maximum Gasteiger partial charge on any atom is 0.411 e. The van der Waals surface area contributed by atoms with Crippen molar-refractivity contribution in [2.75, 3.05) is 12.4 Å². The van der Waals surface area contributed by atoms with Gasteiger partial charge >= 0.3 is 6.09 Å². The van der Waals surface area contributed by atoms with E-state index in [0.29, 0.717) is 5.56 Å². The van der Waals surface area contributed by atoms with Crippen LogP contribution in [-0.2, 0) is 4.74 Å². The predicted octanol–water partition coefficient (Wildman–Crippen LogP) is 1.75. The number of aromatic amines is 1. The first-order valence-electron chi connectivity index (χ1n) is 5.30. The molecule has 1 aromatic carbocycles. The quantitative estimate of drug-likeness (QED) is 0.864. The number of aromatic nitrogens is 2. The Bertz CT molecular complexity index is 652. The van der Waals surface area contributed by atoms with Crippen LogP contribution in [0.15, 0.2) is 35.3 Å². The van der Waals surface area contributed by atoms with Crippen LogP contribution in [0.1, 0.15) is 0 Å². The molecule has 0 fully saturated rings. The minimum absolute atomic E-state index is 0.0299. The first kappa shape index (κ1) is 12.7. The van der Waals surface area contributed by atoms with Crippen molar-refractivity contribution in [1.82, 2.24) is 9.97 Å². The van der Waals surface area contributed by atoms with Crippen LogP contribution in [0.5, 0.6) is 0 Å². The number of carbonyl (C=O) groups excluding carboxylic acids is 1. The van der Waals surface area contributed by atoms with E-state index in [4.69, 9.17) is 0 Å². The molecule has 0 atom stereocenters. The maximum atomic E-state index is 12.8. The molecule has 0 aliphatic rings. The summed E-state index contributed by atoms with van der Waals surface area (Å²) in [5.41, 5.74) is 0.000514. The zero-order valence-corrected chi connectivity index (χ0v) is 9.94. The summed E-state index contributed by atoms with van der Waals surface area (Å²) in [7, 11) is 1.18. The lowest BCUT2D eigenvalue weighted by Gasteiger charge is -2.04. The first-order valence-corrected chi connectivity index (χ1v) is 5.30. The van der Waals surface area contributed by atoms with Gasteiger partial charge in [0.05, 0.1) is 13.3 Å². The van der Waals surface area contributed by atoms with Crippen LogP contribution >= 0.6 is 0 Å². The largest absolute Gasteiger partial charge is 0.453 e. The third kappa shape index (κ3) is 2.95. The lowest BCUT2D eigenvalue weighted by Crippen LogP contribution is -2.20. The summed E-state index contributed by atoms with van der Waals surface area (Å²) in [6.07, 6.45) is 0.441. The second kappa shape index (κ2) is 5.30. The van der Waals surface area contributed by atoms with Crippen molar-refractivity contribution in [3.05, 3.63) is 46.6 Å². The van der Waals surface area contributed by atoms with Crippen LogP contribution in [-0.4, -0.2) is 23.2 Å². The molecule has 0 spiro atoms. The van der Waals surface area contributed by atoms with E-state index in [2.05, 4.69) is 20.0 Å². The lowest BCUT2D eigenvalue weighted by molar-refractivity contribution is 0.187. The second-order valence-corrected chi connectivity index (χ2v) is 3.60. The van der Waals surface area contributed by atoms with E-state index in [1.807, 2.05) is 0 Å². The third-order valence-electron chi connectivity index (χ3n) is 2.34. The van der Waals surface area contributed by atoms with Crippen molar-refractivity contribution in [2.45, 2.75) is 0 Å². The molecule has 1 aromatic heterocycles. The van der Waals surface area contributed by atoms with Crippen molar-refractivity contribution < 1.29 is 13.9 Å². The van der Waals surface area contributed by atoms with Crippen LogP contribution in [0.3, 0.4) is 0 Å². The molecule has 1 heterocycles. The molecule has 0 aliphatic carbocycles. The van der Waals surface area contributed by atoms with E-state index in [1.165, 1.54) is 37.6 Å². The minimum atomic E-state index is -0.762. The molecule has 0 saturated carbocycles. The van der Waals surface area contributed by atoms with Crippen LogP contribution in [0.4, 0.5) is 14.9 Å². The van der Waals surface area contributed by atoms with Crippen molar-refractivity contribution >= 4 is 11.8 Å². The topological polar surface area (TPSA) is 84.1 Å². The number of anilines is 1. The number of ether oxygens (including phenoxy) is 1. The highest BCUT2D eigenvalue weighted by atomic mass is 19.1. The number of nitrogens with one attached hydrogen (secondary N) is 2. The van der Waals surface area contributed by atoms with Gasteiger partial charge in [-0.3, -0.25) is 10.1 Å². The van der Waals surface area contributed by atoms with Gasteiger partial charge in [0.15, 0.2) is 0 Å². The molecule has 6 nitrogen and oxygen atoms in total. The normalized spacial score (nSPS) is 10.0. The molecule has 19 heavy (non-hydrogen) atoms. The Morgan fingerprint density at radius 2 is 2.05 bits per heavy atom. The monoisotopic (exact) mass is 263 g/mol. The number of methoxy groups -OCH3 is 1. The molecule has 0 bridgehead atoms. The number of benzene rings is 1. The molecule has 0 saturated heterocycles. The Balaban J connectivity index is 2.31. The molecular weight excluding hydrogens is 253 g/mol. The standard InChI is InChI=1S/C12H10FN3O3/c1-19-12(18)15-9-6-14-10(16-11(9)17)7-2-4-8(13)5-3-7/h2-6H,1H3,(H,15,18)(H,14,16,17). The Kier molecular flexibility index (Phi) is 3.56. The third-order valence-corrected chi connectivity index (χ3v) is 2.34. The van der Waals surface area contributed by atoms with Gasteiger partial charge in [-0.15, -0.1) is 0 Å². The van der Waals surface area contributed by atoms with Crippen molar-refractivity contribution in [2.24, 2.45) is 0 Å². The van der Waals surface area contributed by atoms with Crippen LogP contribution in [0, 0.1) is 5.82 Å². The molecule has 98 valence electrons. The van der Waals surface area contributed by atoms with Gasteiger partial charge in [0.25, 0.3) is 5.56 Å². The highest BCUT2D eigenvalue weighted by Crippen LogP contribution is 2.14. The molecule has 2 rings (SSSR count). The predicted molar refractivity (Wildman–Crippen MR) is 66.3 cm³/mol. The van der Waals surface area contributed by atoms with E-state index in [-0.39, 0.29) is 17.3 Å². The zero-order chi connectivity index (χ0) is 13.8. The minimum Gasteiger partial charge on any atom is -0.453 e. The van der Waals surface area contributed by atoms with E-state index in [0.717, 1.165) is 0 Å². The average molecular weight is 263 g/mol. The Morgan fingerprint density at radius 1 is 1.37 bits per heavy atom. The molecule has 1 amide bonds. The van der Waals surface area contributed by atoms with Gasteiger partial charge in [0.2, 0.25) is 0 Å². The van der Waals surface area contributed by atoms with Crippen molar-refractivity contribution in [3.8, 4) is 11.4 Å². The van der Waals surface area contributed by atoms with E-state index < -0.39 is 11.7 Å². The molecule has 2 aromatic rings. The maximum absolute atomic E-state index is 12.8. The summed E-state index contributed by atoms with van der Waals surface area (Å²) in [5, 5.41) is 2.22. The zero-order valence-electron chi connectivity index (χ0n) is 9.94. The summed E-state index contributed by atoms with van der Waals surface area (Å²) in [5.74, 6) is -0.101. The first-order chi connectivity index (χ1) is 9.10. The number of H-pyrrole nitrogens is 1. The molecule has 7 heteroatoms. The Labute approximate surface area is 107 Å². The fourth-order valence-electron chi connectivity index (χ4n) is 1.40. The van der Waals surface area contributed by atoms with E-state index >= 15 is 0 Å². The Morgan fingerprint density at radius 3 is 2.63 bits per heavy atom. The summed E-state index contributed by atoms with van der Waals surface area (Å²) in [6.45, 7) is 0. The van der Waals surface area contributed by atoms with Crippen LogP contribution in [0.2, 0.25) is 0 Å². The highest BCUT2D eigenvalue weighted by molar-refractivity contribution is 5.83. The second-order valence-electron chi connectivity index (χ2n) is 3.60. The number of hydrogen-bond donors (Lipinski definition) is 2. The fourth-order valence-corrected chi connectivity index (χ4v) is 1.40. The van der Waals surface area contributed by atoms with Crippen molar-refractivity contribution in [3.63, 3.8) is 0 Å². The van der Waals surface area contributed by atoms with E-state index in [1.54, 1.807) is 0 Å². The summed E-state index contributed by atoms with van der Waals surface area (Å²) < 4.78 is 17.1. The number of nitrogens with zero attached hydrogens (tertiary/aromatic N) is 1. The number of carbonyl (C=O) groups is 1. The van der Waals surface area contributed by atoms with Gasteiger partial charge in [-0.05, 0) is 24.3 Å². The van der Waals surface area contributed by atoms with Crippen LogP contribution < -0.4 is 10.9 Å². The smallest absolute Gasteiger partial charge is 0.411 e. The summed E-state index contributed by atoms with van der Waals surface area (Å²) in [4.78, 5) is 29.1. The number of amides is 1. The van der Waals surface area contributed by atoms with E-state index in [9.17, 15) is 14.0 Å². The molecule has 0 aliphatic heterocycles. The lowest BCUT2D eigenvalue weighted by atomic mass is 10.2. The SMILES string of the molecule is COC(=O)Nc1cnc(-c2ccc(F)cc2)[nH]c1=O. The van der Waals surface area contributed by atoms with Crippen molar-refractivity contribution in [1.29, 1.82) is 0 Å². The molecule has 0 radical (unpaired) electrons. The van der Waals surface area contributed by atoms with Gasteiger partial charge in [0.1, 0.15) is 17.3 Å². The van der Waals surface area contributed by atoms with Crippen LogP contribution in [0.25, 0.3) is 11.4 Å². The fraction of sp³-hybridized carbons (Fsp3) is 0.0833. The number of rotatable bonds is 2. The molecule has 0 unspecified atom stereocenters. The number of halogens is 1. The van der Waals surface area contributed by atoms with Gasteiger partial charge in [0, 0.05) is 5.56 Å². The average Bonchev–Trinajstić information content (AvgIpc) is 2.41. The summed E-state index contributed by atoms with van der Waals surface area (Å²) in [6, 6.07) is 5.49.